The van der Waals surface area contributed by atoms with Crippen molar-refractivity contribution in [1.29, 1.82) is 0 Å². The zero-order valence-electron chi connectivity index (χ0n) is 14.1. The third-order valence-electron chi connectivity index (χ3n) is 5.27. The van der Waals surface area contributed by atoms with Gasteiger partial charge >= 0.3 is 0 Å². The van der Waals surface area contributed by atoms with Crippen LogP contribution in [0.2, 0.25) is 0 Å². The zero-order valence-corrected chi connectivity index (χ0v) is 16.3. The number of hydrogen-bond donors (Lipinski definition) is 1. The molecule has 0 aliphatic carbocycles. The molecule has 6 heteroatoms. The molecule has 0 spiro atoms. The Morgan fingerprint density at radius 1 is 1.28 bits per heavy atom. The second-order valence-corrected chi connectivity index (χ2v) is 8.18. The number of halogens is 1. The standard InChI is InChI=1S/C19H21IN2O3/c1-25-17-7-12(6-15(20)19(17)24)8-21-9-13-5-14(11-21)16-3-2-4-18(23)22(16)10-13/h2-4,6-7,13-14,24H,5,8-11H2,1H3/t13-,14?/m1/s1. The number of ether oxygens (including phenoxy) is 1. The van der Waals surface area contributed by atoms with Gasteiger partial charge in [-0.15, -0.1) is 0 Å². The summed E-state index contributed by atoms with van der Waals surface area (Å²) in [6, 6.07) is 9.56. The van der Waals surface area contributed by atoms with Gasteiger partial charge in [0, 0.05) is 43.9 Å². The van der Waals surface area contributed by atoms with E-state index < -0.39 is 0 Å². The number of hydrogen-bond acceptors (Lipinski definition) is 4. The van der Waals surface area contributed by atoms with Crippen LogP contribution < -0.4 is 10.3 Å². The summed E-state index contributed by atoms with van der Waals surface area (Å²) in [5, 5.41) is 10.0. The van der Waals surface area contributed by atoms with E-state index in [4.69, 9.17) is 4.74 Å². The highest BCUT2D eigenvalue weighted by atomic mass is 127. The molecule has 2 aliphatic heterocycles. The SMILES string of the molecule is COc1cc(CN2CC3C[C@H](C2)Cn2c3cccc2=O)cc(I)c1O. The topological polar surface area (TPSA) is 54.7 Å². The maximum absolute atomic E-state index is 12.1. The fourth-order valence-corrected chi connectivity index (χ4v) is 4.92. The lowest BCUT2D eigenvalue weighted by Gasteiger charge is -2.42. The molecule has 2 bridgehead atoms. The van der Waals surface area contributed by atoms with Crippen LogP contribution in [-0.4, -0.2) is 34.8 Å². The van der Waals surface area contributed by atoms with Gasteiger partial charge in [-0.05, 0) is 58.7 Å². The van der Waals surface area contributed by atoms with Crippen LogP contribution in [0.4, 0.5) is 0 Å². The summed E-state index contributed by atoms with van der Waals surface area (Å²) in [6.07, 6.45) is 1.16. The summed E-state index contributed by atoms with van der Waals surface area (Å²) in [7, 11) is 1.58. The van der Waals surface area contributed by atoms with Crippen molar-refractivity contribution in [2.24, 2.45) is 5.92 Å². The molecular formula is C19H21IN2O3. The first-order chi connectivity index (χ1) is 12.0. The molecule has 132 valence electrons. The van der Waals surface area contributed by atoms with Crippen molar-refractivity contribution >= 4 is 22.6 Å². The molecule has 0 radical (unpaired) electrons. The minimum absolute atomic E-state index is 0.124. The largest absolute Gasteiger partial charge is 0.504 e. The highest BCUT2D eigenvalue weighted by Gasteiger charge is 2.34. The third kappa shape index (κ3) is 3.17. The fourth-order valence-electron chi connectivity index (χ4n) is 4.26. The summed E-state index contributed by atoms with van der Waals surface area (Å²) in [5.41, 5.74) is 2.44. The van der Waals surface area contributed by atoms with Crippen LogP contribution in [0.25, 0.3) is 0 Å². The first kappa shape index (κ1) is 16.9. The second kappa shape index (κ2) is 6.64. The van der Waals surface area contributed by atoms with Gasteiger partial charge in [-0.3, -0.25) is 9.69 Å². The van der Waals surface area contributed by atoms with Gasteiger partial charge in [0.05, 0.1) is 10.7 Å². The summed E-state index contributed by atoms with van der Waals surface area (Å²) in [4.78, 5) is 14.6. The molecule has 0 amide bonds. The van der Waals surface area contributed by atoms with Crippen molar-refractivity contribution in [2.75, 3.05) is 20.2 Å². The van der Waals surface area contributed by atoms with E-state index in [0.717, 1.165) is 41.7 Å². The number of methoxy groups -OCH3 is 1. The van der Waals surface area contributed by atoms with E-state index in [2.05, 4.69) is 33.6 Å². The van der Waals surface area contributed by atoms with Crippen LogP contribution in [0.1, 0.15) is 23.6 Å². The van der Waals surface area contributed by atoms with E-state index in [1.165, 1.54) is 5.69 Å². The lowest BCUT2D eigenvalue weighted by molar-refractivity contribution is 0.114. The third-order valence-corrected chi connectivity index (χ3v) is 6.09. The van der Waals surface area contributed by atoms with E-state index >= 15 is 0 Å². The van der Waals surface area contributed by atoms with Gasteiger partial charge in [-0.2, -0.15) is 0 Å². The van der Waals surface area contributed by atoms with Crippen LogP contribution in [0.3, 0.4) is 0 Å². The number of aromatic nitrogens is 1. The van der Waals surface area contributed by atoms with E-state index in [9.17, 15) is 9.90 Å². The minimum atomic E-state index is 0.124. The van der Waals surface area contributed by atoms with Gasteiger partial charge in [0.25, 0.3) is 5.56 Å². The molecule has 5 nitrogen and oxygen atoms in total. The number of benzene rings is 1. The van der Waals surface area contributed by atoms with Gasteiger partial charge in [0.1, 0.15) is 0 Å². The van der Waals surface area contributed by atoms with Gasteiger partial charge < -0.3 is 14.4 Å². The molecule has 1 aromatic heterocycles. The van der Waals surface area contributed by atoms with Crippen molar-refractivity contribution in [3.63, 3.8) is 0 Å². The predicted molar refractivity (Wildman–Crippen MR) is 104 cm³/mol. The Kier molecular flexibility index (Phi) is 4.49. The highest BCUT2D eigenvalue weighted by molar-refractivity contribution is 14.1. The van der Waals surface area contributed by atoms with Crippen molar-refractivity contribution in [3.05, 3.63) is 55.5 Å². The number of fused-ring (bicyclic) bond motifs is 4. The van der Waals surface area contributed by atoms with E-state index in [1.807, 2.05) is 22.8 Å². The molecule has 1 N–H and O–H groups in total. The van der Waals surface area contributed by atoms with Crippen molar-refractivity contribution in [1.82, 2.24) is 9.47 Å². The number of piperidine rings is 1. The lowest BCUT2D eigenvalue weighted by atomic mass is 9.83. The van der Waals surface area contributed by atoms with Gasteiger partial charge in [0.15, 0.2) is 11.5 Å². The van der Waals surface area contributed by atoms with E-state index in [1.54, 1.807) is 13.2 Å². The second-order valence-electron chi connectivity index (χ2n) is 7.02. The summed E-state index contributed by atoms with van der Waals surface area (Å²) < 4.78 is 8.05. The molecule has 1 fully saturated rings. The van der Waals surface area contributed by atoms with Crippen molar-refractivity contribution < 1.29 is 9.84 Å². The molecular weight excluding hydrogens is 431 g/mol. The summed E-state index contributed by atoms with van der Waals surface area (Å²) in [5.74, 6) is 1.66. The van der Waals surface area contributed by atoms with Crippen LogP contribution in [0.15, 0.2) is 35.1 Å². The quantitative estimate of drug-likeness (QED) is 0.729. The Bertz CT molecular complexity index is 864. The van der Waals surface area contributed by atoms with Gasteiger partial charge in [-0.1, -0.05) is 6.07 Å². The number of likely N-dealkylation sites (tertiary alicyclic amines) is 1. The Labute approximate surface area is 160 Å². The van der Waals surface area contributed by atoms with Gasteiger partial charge in [-0.25, -0.2) is 0 Å². The first-order valence-electron chi connectivity index (χ1n) is 8.52. The number of pyridine rings is 1. The molecule has 3 heterocycles. The van der Waals surface area contributed by atoms with E-state index in [-0.39, 0.29) is 11.3 Å². The van der Waals surface area contributed by atoms with Gasteiger partial charge in [0.2, 0.25) is 0 Å². The predicted octanol–water partition coefficient (Wildman–Crippen LogP) is 2.79. The average molecular weight is 452 g/mol. The molecule has 1 unspecified atom stereocenters. The Balaban J connectivity index is 1.57. The van der Waals surface area contributed by atoms with Crippen molar-refractivity contribution in [2.45, 2.75) is 25.4 Å². The Morgan fingerprint density at radius 3 is 2.92 bits per heavy atom. The monoisotopic (exact) mass is 452 g/mol. The number of aromatic hydroxyl groups is 1. The van der Waals surface area contributed by atoms with Crippen LogP contribution in [-0.2, 0) is 13.1 Å². The maximum atomic E-state index is 12.1. The lowest BCUT2D eigenvalue weighted by Crippen LogP contribution is -2.46. The number of phenols is 1. The molecule has 1 saturated heterocycles. The summed E-state index contributed by atoms with van der Waals surface area (Å²) in [6.45, 7) is 3.60. The smallest absolute Gasteiger partial charge is 0.250 e. The van der Waals surface area contributed by atoms with Crippen molar-refractivity contribution in [3.8, 4) is 11.5 Å². The molecule has 25 heavy (non-hydrogen) atoms. The molecule has 1 aromatic carbocycles. The first-order valence-corrected chi connectivity index (χ1v) is 9.60. The average Bonchev–Trinajstić information content (AvgIpc) is 2.59. The number of rotatable bonds is 3. The van der Waals surface area contributed by atoms with Crippen LogP contribution in [0.5, 0.6) is 11.5 Å². The Morgan fingerprint density at radius 2 is 2.12 bits per heavy atom. The fraction of sp³-hybridized carbons (Fsp3) is 0.421. The van der Waals surface area contributed by atoms with Crippen LogP contribution >= 0.6 is 22.6 Å². The molecule has 2 atom stereocenters. The zero-order chi connectivity index (χ0) is 17.6. The van der Waals surface area contributed by atoms with Crippen LogP contribution in [0, 0.1) is 9.49 Å². The van der Waals surface area contributed by atoms with E-state index in [0.29, 0.717) is 17.6 Å². The summed E-state index contributed by atoms with van der Waals surface area (Å²) >= 11 is 2.14. The number of phenolic OH excluding ortho intramolecular Hbond substituents is 1. The molecule has 2 aliphatic rings. The number of nitrogens with zero attached hydrogens (tertiary/aromatic N) is 2. The Hall–Kier alpha value is -1.54. The molecule has 4 rings (SSSR count). The maximum Gasteiger partial charge on any atom is 0.250 e. The normalized spacial score (nSPS) is 22.5. The molecule has 0 saturated carbocycles. The minimum Gasteiger partial charge on any atom is -0.504 e. The highest BCUT2D eigenvalue weighted by Crippen LogP contribution is 2.37. The molecule has 2 aromatic rings.